The van der Waals surface area contributed by atoms with Gasteiger partial charge in [0.2, 0.25) is 5.95 Å². The molecule has 0 bridgehead atoms. The first-order valence-electron chi connectivity index (χ1n) is 8.52. The van der Waals surface area contributed by atoms with Crippen LogP contribution in [0.4, 0.5) is 21.7 Å². The number of anilines is 3. The predicted octanol–water partition coefficient (Wildman–Crippen LogP) is 3.91. The Morgan fingerprint density at radius 3 is 2.54 bits per heavy atom. The topological polar surface area (TPSA) is 96.6 Å². The molecule has 28 heavy (non-hydrogen) atoms. The number of benzene rings is 2. The molecule has 138 valence electrons. The molecule has 0 aliphatic heterocycles. The van der Waals surface area contributed by atoms with Crippen LogP contribution in [-0.2, 0) is 0 Å². The van der Waals surface area contributed by atoms with E-state index in [1.54, 1.807) is 41.8 Å². The molecule has 0 saturated heterocycles. The number of aromatic nitrogens is 4. The number of halogens is 1. The minimum absolute atomic E-state index is 0.00275. The Hall–Kier alpha value is -3.99. The number of nitrogens with zero attached hydrogens (tertiary/aromatic N) is 6. The van der Waals surface area contributed by atoms with Crippen molar-refractivity contribution in [3.8, 4) is 12.0 Å². The minimum atomic E-state index is 0.00275. The van der Waals surface area contributed by atoms with Gasteiger partial charge in [-0.2, -0.15) is 15.4 Å². The van der Waals surface area contributed by atoms with Crippen molar-refractivity contribution in [2.24, 2.45) is 0 Å². The van der Waals surface area contributed by atoms with Crippen LogP contribution in [0.5, 0.6) is 0 Å². The molecular formula is C20H16FN7. The van der Waals surface area contributed by atoms with Gasteiger partial charge < -0.3 is 5.73 Å². The lowest BCUT2D eigenvalue weighted by molar-refractivity contribution is 0.504. The Morgan fingerprint density at radius 1 is 1.11 bits per heavy atom. The summed E-state index contributed by atoms with van der Waals surface area (Å²) in [5.74, 6) is 0.916. The summed E-state index contributed by atoms with van der Waals surface area (Å²) in [5, 5.41) is 9.51. The fourth-order valence-corrected chi connectivity index (χ4v) is 2.98. The van der Waals surface area contributed by atoms with Crippen molar-refractivity contribution in [2.45, 2.75) is 13.8 Å². The van der Waals surface area contributed by atoms with E-state index in [9.17, 15) is 4.48 Å². The monoisotopic (exact) mass is 373 g/mol. The molecule has 2 aromatic heterocycles. The van der Waals surface area contributed by atoms with Gasteiger partial charge >= 0.3 is 0 Å². The van der Waals surface area contributed by atoms with E-state index in [2.05, 4.69) is 21.0 Å². The van der Waals surface area contributed by atoms with Gasteiger partial charge in [0.25, 0.3) is 0 Å². The van der Waals surface area contributed by atoms with E-state index in [0.717, 1.165) is 11.1 Å². The van der Waals surface area contributed by atoms with Crippen molar-refractivity contribution in [3.05, 3.63) is 65.6 Å². The largest absolute Gasteiger partial charge is 0.382 e. The lowest BCUT2D eigenvalue weighted by Gasteiger charge is -2.16. The second kappa shape index (κ2) is 6.63. The summed E-state index contributed by atoms with van der Waals surface area (Å²) in [5.41, 5.74) is 9.34. The quantitative estimate of drug-likeness (QED) is 0.547. The normalized spacial score (nSPS) is 10.8. The third kappa shape index (κ3) is 2.89. The summed E-state index contributed by atoms with van der Waals surface area (Å²) in [6.45, 7) is 3.73. The highest BCUT2D eigenvalue weighted by atomic mass is 19.2. The molecule has 0 aliphatic carbocycles. The molecule has 2 heterocycles. The predicted molar refractivity (Wildman–Crippen MR) is 105 cm³/mol. The number of hydrogen-bond donors (Lipinski definition) is 1. The summed E-state index contributed by atoms with van der Waals surface area (Å²) in [7, 11) is 0. The average Bonchev–Trinajstić information content (AvgIpc) is 3.02. The Morgan fingerprint density at radius 2 is 1.86 bits per heavy atom. The molecule has 0 aliphatic rings. The van der Waals surface area contributed by atoms with Crippen molar-refractivity contribution in [3.63, 3.8) is 0 Å². The zero-order valence-corrected chi connectivity index (χ0v) is 15.3. The zero-order valence-electron chi connectivity index (χ0n) is 15.3. The van der Waals surface area contributed by atoms with Gasteiger partial charge in [-0.25, -0.2) is 9.97 Å². The minimum Gasteiger partial charge on any atom is -0.382 e. The van der Waals surface area contributed by atoms with Crippen LogP contribution in [0.25, 0.3) is 17.0 Å². The van der Waals surface area contributed by atoms with Crippen LogP contribution in [0.3, 0.4) is 0 Å². The third-order valence-electron chi connectivity index (χ3n) is 4.41. The van der Waals surface area contributed by atoms with E-state index in [1.807, 2.05) is 19.1 Å². The van der Waals surface area contributed by atoms with Gasteiger partial charge in [-0.1, -0.05) is 22.2 Å². The number of fused-ring (bicyclic) bond motifs is 1. The number of aryl methyl sites for hydroxylation is 2. The highest BCUT2D eigenvalue weighted by Crippen LogP contribution is 2.30. The first kappa shape index (κ1) is 17.4. The summed E-state index contributed by atoms with van der Waals surface area (Å²) >= 11 is 0. The van der Waals surface area contributed by atoms with E-state index >= 15 is 0 Å². The molecule has 0 saturated carbocycles. The van der Waals surface area contributed by atoms with Gasteiger partial charge in [0.05, 0.1) is 34.6 Å². The Bertz CT molecular complexity index is 1220. The van der Waals surface area contributed by atoms with Gasteiger partial charge in [-0.05, 0) is 44.2 Å². The van der Waals surface area contributed by atoms with Crippen molar-refractivity contribution < 1.29 is 4.48 Å². The van der Waals surface area contributed by atoms with Crippen molar-refractivity contribution >= 4 is 28.2 Å². The molecule has 2 N–H and O–H groups in total. The van der Waals surface area contributed by atoms with Gasteiger partial charge in [0.15, 0.2) is 5.82 Å². The van der Waals surface area contributed by atoms with E-state index in [1.165, 1.54) is 6.20 Å². The Balaban J connectivity index is 1.76. The SMILES string of the molecule is Cc1ccc(N(F)c2cnc(-n3c(C)nc4cc(C#N)ccc43)nc2N)cc1. The molecule has 0 fully saturated rings. The molecule has 0 atom stereocenters. The van der Waals surface area contributed by atoms with Crippen molar-refractivity contribution in [1.29, 1.82) is 5.26 Å². The van der Waals surface area contributed by atoms with Gasteiger partial charge in [0, 0.05) is 0 Å². The molecular weight excluding hydrogens is 357 g/mol. The van der Waals surface area contributed by atoms with E-state index < -0.39 is 0 Å². The molecule has 0 radical (unpaired) electrons. The second-order valence-corrected chi connectivity index (χ2v) is 6.37. The van der Waals surface area contributed by atoms with Gasteiger partial charge in [-0.3, -0.25) is 4.57 Å². The molecule has 7 nitrogen and oxygen atoms in total. The first-order chi connectivity index (χ1) is 13.5. The summed E-state index contributed by atoms with van der Waals surface area (Å²) < 4.78 is 16.5. The second-order valence-electron chi connectivity index (χ2n) is 6.37. The molecule has 4 rings (SSSR count). The number of nitriles is 1. The maximum atomic E-state index is 14.8. The van der Waals surface area contributed by atoms with Crippen molar-refractivity contribution in [1.82, 2.24) is 19.5 Å². The first-order valence-corrected chi connectivity index (χ1v) is 8.52. The van der Waals surface area contributed by atoms with Crippen LogP contribution in [0.2, 0.25) is 0 Å². The number of imidazole rings is 1. The summed E-state index contributed by atoms with van der Waals surface area (Å²) in [6, 6.07) is 14.2. The Labute approximate surface area is 160 Å². The fraction of sp³-hybridized carbons (Fsp3) is 0.100. The van der Waals surface area contributed by atoms with E-state index in [-0.39, 0.29) is 17.5 Å². The van der Waals surface area contributed by atoms with Crippen molar-refractivity contribution in [2.75, 3.05) is 10.9 Å². The fourth-order valence-electron chi connectivity index (χ4n) is 2.98. The number of nitrogen functional groups attached to an aromatic ring is 1. The van der Waals surface area contributed by atoms with Crippen LogP contribution in [0, 0.1) is 25.2 Å². The van der Waals surface area contributed by atoms with Gasteiger partial charge in [0.1, 0.15) is 11.5 Å². The van der Waals surface area contributed by atoms with Crippen LogP contribution >= 0.6 is 0 Å². The van der Waals surface area contributed by atoms with E-state index in [0.29, 0.717) is 27.7 Å². The number of rotatable bonds is 3. The van der Waals surface area contributed by atoms with Crippen LogP contribution in [-0.4, -0.2) is 19.5 Å². The third-order valence-corrected chi connectivity index (χ3v) is 4.41. The maximum absolute atomic E-state index is 14.8. The molecule has 4 aromatic rings. The molecule has 8 heteroatoms. The lowest BCUT2D eigenvalue weighted by atomic mass is 10.2. The van der Waals surface area contributed by atoms with Gasteiger partial charge in [-0.15, -0.1) is 0 Å². The zero-order chi connectivity index (χ0) is 19.8. The van der Waals surface area contributed by atoms with Crippen LogP contribution < -0.4 is 10.9 Å². The summed E-state index contributed by atoms with van der Waals surface area (Å²) in [6.07, 6.45) is 1.34. The maximum Gasteiger partial charge on any atom is 0.237 e. The molecule has 0 spiro atoms. The standard InChI is InChI=1S/C20H16FN7/c1-12-3-6-15(7-4-12)28(21)18-11-24-20(26-19(18)23)27-13(2)25-16-9-14(10-22)5-8-17(16)27/h3-9,11H,1-2H3,(H2,23,24,26). The highest BCUT2D eigenvalue weighted by Gasteiger charge is 2.17. The molecule has 0 amide bonds. The average molecular weight is 373 g/mol. The smallest absolute Gasteiger partial charge is 0.237 e. The lowest BCUT2D eigenvalue weighted by Crippen LogP contribution is -2.11. The number of hydrogen-bond acceptors (Lipinski definition) is 6. The number of nitrogens with two attached hydrogens (primary N) is 1. The van der Waals surface area contributed by atoms with E-state index in [4.69, 9.17) is 11.0 Å². The molecule has 2 aromatic carbocycles. The molecule has 0 unspecified atom stereocenters. The summed E-state index contributed by atoms with van der Waals surface area (Å²) in [4.78, 5) is 13.0. The van der Waals surface area contributed by atoms with Crippen LogP contribution in [0.15, 0.2) is 48.7 Å². The Kier molecular flexibility index (Phi) is 4.12. The van der Waals surface area contributed by atoms with Crippen LogP contribution in [0.1, 0.15) is 17.0 Å². The highest BCUT2D eigenvalue weighted by molar-refractivity contribution is 5.79.